The molecule has 0 saturated carbocycles. The Bertz CT molecular complexity index is 1540. The number of carbonyl (C=O) groups excluding carboxylic acids is 3. The molecule has 75 heavy (non-hydrogen) atoms. The molecule has 5 atom stereocenters. The number of allylic oxidation sites excluding steroid dienone is 6. The number of ether oxygens (including phenoxy) is 3. The van der Waals surface area contributed by atoms with Crippen molar-refractivity contribution in [1.82, 2.24) is 0 Å². The van der Waals surface area contributed by atoms with Crippen molar-refractivity contribution in [3.63, 3.8) is 0 Å². The van der Waals surface area contributed by atoms with Crippen LogP contribution in [-0.2, 0) is 55.8 Å². The van der Waals surface area contributed by atoms with E-state index in [-0.39, 0.29) is 19.3 Å². The van der Waals surface area contributed by atoms with Gasteiger partial charge in [0.2, 0.25) is 0 Å². The van der Waals surface area contributed by atoms with Crippen molar-refractivity contribution in [2.45, 2.75) is 270 Å². The van der Waals surface area contributed by atoms with Gasteiger partial charge in [-0.05, 0) is 64.2 Å². The number of aliphatic hydroxyl groups is 2. The lowest BCUT2D eigenvalue weighted by atomic mass is 10.0. The standard InChI is InChI=1S/C57H106O16P2/c1-4-7-10-13-16-19-22-24-25-27-30-31-34-37-40-43-55(60)67-46-52(58)47-69-74(63,64)70-48-53(59)49-71-75(65,66)72-51-54(73-57(62)45-42-39-36-33-28-21-18-15-12-9-6-3)50-68-56(61)44-41-38-35-32-29-26-23-20-17-14-11-8-5-2/h11,14-15,18,20,23,52-54,58-59H,4-10,12-13,16-17,19,21-22,24-51H2,1-3H3,(H,63,64)(H,65,66)/b14-11-,18-15-,23-20-. The van der Waals surface area contributed by atoms with Crippen LogP contribution in [0.5, 0.6) is 0 Å². The molecule has 0 aromatic rings. The Balaban J connectivity index is 4.64. The molecular formula is C57H106O16P2. The molecule has 0 heterocycles. The smallest absolute Gasteiger partial charge is 0.463 e. The van der Waals surface area contributed by atoms with Gasteiger partial charge in [-0.25, -0.2) is 9.13 Å². The highest BCUT2D eigenvalue weighted by molar-refractivity contribution is 7.47. The van der Waals surface area contributed by atoms with E-state index < -0.39 is 91.5 Å². The van der Waals surface area contributed by atoms with Gasteiger partial charge in [0.25, 0.3) is 0 Å². The van der Waals surface area contributed by atoms with Crippen LogP contribution in [0.2, 0.25) is 0 Å². The lowest BCUT2D eigenvalue weighted by Crippen LogP contribution is -2.30. The summed E-state index contributed by atoms with van der Waals surface area (Å²) in [6, 6.07) is 0. The third-order valence-electron chi connectivity index (χ3n) is 12.3. The number of hydrogen-bond donors (Lipinski definition) is 4. The number of rotatable bonds is 56. The maximum Gasteiger partial charge on any atom is 0.472 e. The molecule has 18 heteroatoms. The fourth-order valence-corrected chi connectivity index (χ4v) is 9.35. The predicted octanol–water partition coefficient (Wildman–Crippen LogP) is 14.7. The maximum atomic E-state index is 12.8. The summed E-state index contributed by atoms with van der Waals surface area (Å²) in [6.45, 7) is 2.53. The second-order valence-electron chi connectivity index (χ2n) is 19.8. The van der Waals surface area contributed by atoms with Crippen LogP contribution >= 0.6 is 15.6 Å². The Hall–Kier alpha value is -2.23. The minimum absolute atomic E-state index is 0.0943. The van der Waals surface area contributed by atoms with Crippen molar-refractivity contribution >= 4 is 33.6 Å². The van der Waals surface area contributed by atoms with Crippen molar-refractivity contribution < 1.29 is 75.8 Å². The molecule has 0 saturated heterocycles. The molecule has 0 rings (SSSR count). The zero-order valence-corrected chi connectivity index (χ0v) is 48.8. The zero-order chi connectivity index (χ0) is 55.4. The van der Waals surface area contributed by atoms with E-state index in [1.165, 1.54) is 83.5 Å². The highest BCUT2D eigenvalue weighted by atomic mass is 31.2. The Labute approximate surface area is 454 Å². The molecule has 0 radical (unpaired) electrons. The summed E-state index contributed by atoms with van der Waals surface area (Å²) in [5, 5.41) is 20.4. The van der Waals surface area contributed by atoms with E-state index in [0.29, 0.717) is 19.3 Å². The van der Waals surface area contributed by atoms with Gasteiger partial charge >= 0.3 is 33.6 Å². The van der Waals surface area contributed by atoms with Gasteiger partial charge in [-0.15, -0.1) is 0 Å². The highest BCUT2D eigenvalue weighted by Gasteiger charge is 2.29. The normalized spacial score (nSPS) is 14.8. The Kier molecular flexibility index (Phi) is 50.9. The van der Waals surface area contributed by atoms with Gasteiger partial charge in [0.15, 0.2) is 6.10 Å². The number of phosphoric ester groups is 2. The summed E-state index contributed by atoms with van der Waals surface area (Å²) < 4.78 is 60.5. The molecule has 0 aromatic heterocycles. The first-order valence-electron chi connectivity index (χ1n) is 29.3. The minimum atomic E-state index is -4.91. The summed E-state index contributed by atoms with van der Waals surface area (Å²) in [5.74, 6) is -1.59. The van der Waals surface area contributed by atoms with E-state index in [2.05, 4.69) is 57.2 Å². The molecule has 4 N–H and O–H groups in total. The molecule has 0 spiro atoms. The van der Waals surface area contributed by atoms with Crippen LogP contribution in [0, 0.1) is 0 Å². The molecule has 0 aliphatic heterocycles. The zero-order valence-electron chi connectivity index (χ0n) is 47.0. The quantitative estimate of drug-likeness (QED) is 0.0146. The van der Waals surface area contributed by atoms with Gasteiger partial charge < -0.3 is 34.2 Å². The van der Waals surface area contributed by atoms with Gasteiger partial charge in [-0.3, -0.25) is 32.5 Å². The first-order chi connectivity index (χ1) is 36.2. The van der Waals surface area contributed by atoms with Crippen molar-refractivity contribution in [1.29, 1.82) is 0 Å². The maximum absolute atomic E-state index is 12.8. The van der Waals surface area contributed by atoms with Gasteiger partial charge in [0.05, 0.1) is 26.4 Å². The van der Waals surface area contributed by atoms with Gasteiger partial charge in [0.1, 0.15) is 25.4 Å². The van der Waals surface area contributed by atoms with E-state index in [0.717, 1.165) is 109 Å². The first-order valence-corrected chi connectivity index (χ1v) is 32.3. The van der Waals surface area contributed by atoms with E-state index in [1.807, 2.05) is 0 Å². The summed E-state index contributed by atoms with van der Waals surface area (Å²) >= 11 is 0. The van der Waals surface area contributed by atoms with E-state index in [9.17, 15) is 43.5 Å². The topological polar surface area (TPSA) is 231 Å². The van der Waals surface area contributed by atoms with Crippen LogP contribution in [0.1, 0.15) is 252 Å². The fraction of sp³-hybridized carbons (Fsp3) is 0.842. The van der Waals surface area contributed by atoms with E-state index in [1.54, 1.807) is 0 Å². The molecule has 0 aliphatic carbocycles. The Morgan fingerprint density at radius 3 is 1.15 bits per heavy atom. The number of carbonyl (C=O) groups is 3. The number of aliphatic hydroxyl groups excluding tert-OH is 2. The monoisotopic (exact) mass is 1110 g/mol. The van der Waals surface area contributed by atoms with Crippen LogP contribution in [-0.4, -0.2) is 95.9 Å². The SMILES string of the molecule is CCC/C=C\C/C=C\CCCCCCCC(=O)OCC(COP(=O)(O)OCC(O)COP(=O)(O)OCC(O)COC(=O)CCCCCCCCCCCCCCCCC)OC(=O)CCCCCCC/C=C\CCCC. The van der Waals surface area contributed by atoms with Crippen molar-refractivity contribution in [3.8, 4) is 0 Å². The van der Waals surface area contributed by atoms with Crippen molar-refractivity contribution in [3.05, 3.63) is 36.5 Å². The first kappa shape index (κ1) is 72.8. The molecule has 16 nitrogen and oxygen atoms in total. The van der Waals surface area contributed by atoms with Gasteiger partial charge in [-0.1, -0.05) is 205 Å². The average molecular weight is 1110 g/mol. The molecule has 5 unspecified atom stereocenters. The van der Waals surface area contributed by atoms with Gasteiger partial charge in [-0.2, -0.15) is 0 Å². The minimum Gasteiger partial charge on any atom is -0.463 e. The molecule has 440 valence electrons. The summed E-state index contributed by atoms with van der Waals surface area (Å²) in [4.78, 5) is 57.9. The Morgan fingerprint density at radius 2 is 0.707 bits per heavy atom. The third kappa shape index (κ3) is 53.6. The lowest BCUT2D eigenvalue weighted by Gasteiger charge is -2.21. The summed E-state index contributed by atoms with van der Waals surface area (Å²) in [6.07, 6.45) is 45.1. The predicted molar refractivity (Wildman–Crippen MR) is 298 cm³/mol. The van der Waals surface area contributed by atoms with Gasteiger partial charge in [0, 0.05) is 19.3 Å². The molecule has 0 aromatic carbocycles. The van der Waals surface area contributed by atoms with E-state index in [4.69, 9.17) is 32.3 Å². The number of phosphoric acid groups is 2. The summed E-state index contributed by atoms with van der Waals surface area (Å²) in [5.41, 5.74) is 0. The molecule has 0 fully saturated rings. The molecule has 0 amide bonds. The largest absolute Gasteiger partial charge is 0.472 e. The second kappa shape index (κ2) is 52.5. The summed E-state index contributed by atoms with van der Waals surface area (Å²) in [7, 11) is -9.74. The van der Waals surface area contributed by atoms with Crippen LogP contribution in [0.4, 0.5) is 0 Å². The van der Waals surface area contributed by atoms with E-state index >= 15 is 0 Å². The lowest BCUT2D eigenvalue weighted by molar-refractivity contribution is -0.161. The highest BCUT2D eigenvalue weighted by Crippen LogP contribution is 2.45. The second-order valence-corrected chi connectivity index (χ2v) is 22.7. The van der Waals surface area contributed by atoms with Crippen LogP contribution < -0.4 is 0 Å². The van der Waals surface area contributed by atoms with Crippen LogP contribution in [0.3, 0.4) is 0 Å². The molecular weight excluding hydrogens is 1000 g/mol. The molecule has 0 aliphatic rings. The van der Waals surface area contributed by atoms with Crippen molar-refractivity contribution in [2.75, 3.05) is 39.6 Å². The average Bonchev–Trinajstić information content (AvgIpc) is 3.38. The van der Waals surface area contributed by atoms with Crippen LogP contribution in [0.15, 0.2) is 36.5 Å². The fourth-order valence-electron chi connectivity index (χ4n) is 7.76. The van der Waals surface area contributed by atoms with Crippen LogP contribution in [0.25, 0.3) is 0 Å². The van der Waals surface area contributed by atoms with Crippen molar-refractivity contribution in [2.24, 2.45) is 0 Å². The molecule has 0 bridgehead atoms. The number of esters is 3. The number of unbranched alkanes of at least 4 members (excludes halogenated alkanes) is 27. The Morgan fingerprint density at radius 1 is 0.373 bits per heavy atom. The number of hydrogen-bond acceptors (Lipinski definition) is 14. The third-order valence-corrected chi connectivity index (χ3v) is 14.2.